The fourth-order valence-corrected chi connectivity index (χ4v) is 3.37. The van der Waals surface area contributed by atoms with Crippen molar-refractivity contribution >= 4 is 16.5 Å². The zero-order valence-corrected chi connectivity index (χ0v) is 43.3. The number of halogens is 5. The van der Waals surface area contributed by atoms with Crippen molar-refractivity contribution in [3.8, 4) is 17.2 Å². The molecule has 0 saturated heterocycles. The maximum atomic E-state index is 10.7. The number of hydrogen-bond donors (Lipinski definition) is 1. The third-order valence-corrected chi connectivity index (χ3v) is 5.66. The summed E-state index contributed by atoms with van der Waals surface area (Å²) in [5.74, 6) is 1.52. The van der Waals surface area contributed by atoms with E-state index in [2.05, 4.69) is 19.1 Å². The number of rotatable bonds is 5. The maximum absolute atomic E-state index is 10.7. The molecule has 4 rings (SSSR count). The van der Waals surface area contributed by atoms with Crippen molar-refractivity contribution in [3.63, 3.8) is 0 Å². The van der Waals surface area contributed by atoms with E-state index in [9.17, 15) is 36.8 Å². The Kier molecular flexibility index (Phi) is 83.0. The Bertz CT molecular complexity index is 1420. The number of hydrogen-bond acceptors (Lipinski definition) is 6. The summed E-state index contributed by atoms with van der Waals surface area (Å²) in [4.78, 5) is 20.2. The van der Waals surface area contributed by atoms with Crippen LogP contribution >= 0.6 is 0 Å². The molecule has 60 heavy (non-hydrogen) atoms. The van der Waals surface area contributed by atoms with Crippen molar-refractivity contribution in [2.45, 2.75) is 145 Å². The number of nitrogens with zero attached hydrogens (tertiary/aromatic N) is 2. The molecular weight excluding hydrogens is 942 g/mol. The molecule has 0 saturated carbocycles. The first-order valence-corrected chi connectivity index (χ1v) is 22.3. The zero-order valence-electron chi connectivity index (χ0n) is 40.2. The molecule has 1 radical (unpaired) electrons. The molecule has 0 bridgehead atoms. The summed E-state index contributed by atoms with van der Waals surface area (Å²) in [7, 11) is 0. The van der Waals surface area contributed by atoms with Crippen LogP contribution in [0.5, 0.6) is 17.2 Å². The number of non-ortho nitro benzene ring substituents is 2. The largest absolute Gasteiger partial charge is 1.00 e. The first-order chi connectivity index (χ1) is 27.8. The van der Waals surface area contributed by atoms with E-state index in [1.165, 1.54) is 29.8 Å². The Morgan fingerprint density at radius 2 is 0.800 bits per heavy atom. The number of nitro benzene ring substituents is 2. The quantitative estimate of drug-likeness (QED) is 0.0700. The number of ether oxygens (including phenoxy) is 1. The van der Waals surface area contributed by atoms with Crippen LogP contribution < -0.4 is 31.0 Å². The normalized spacial score (nSPS) is 7.47. The molecule has 0 unspecified atom stereocenters. The van der Waals surface area contributed by atoms with Gasteiger partial charge < -0.3 is 14.5 Å². The number of aromatic hydroxyl groups is 1. The minimum absolute atomic E-state index is 0. The Morgan fingerprint density at radius 3 is 1.02 bits per heavy atom. The van der Waals surface area contributed by atoms with Crippen LogP contribution in [0.4, 0.5) is 22.9 Å². The third kappa shape index (κ3) is 45.4. The molecule has 0 atom stereocenters. The van der Waals surface area contributed by atoms with Gasteiger partial charge in [0.25, 0.3) is 11.4 Å². The Balaban J connectivity index is -0.0000000653. The van der Waals surface area contributed by atoms with E-state index in [-0.39, 0.29) is 38.9 Å². The molecule has 0 heterocycles. The molecule has 0 aromatic heterocycles. The number of benzene rings is 4. The number of phenolic OH excluding ortho intramolecular Hbond substituents is 1. The first-order valence-electron chi connectivity index (χ1n) is 20.2. The van der Waals surface area contributed by atoms with Gasteiger partial charge >= 0.3 is 26.7 Å². The summed E-state index contributed by atoms with van der Waals surface area (Å²) in [6, 6.07) is 25.4. The Hall–Kier alpha value is -3.69. The van der Waals surface area contributed by atoms with Gasteiger partial charge in [-0.05, 0) is 69.0 Å². The van der Waals surface area contributed by atoms with Crippen LogP contribution in [0.25, 0.3) is 0 Å². The monoisotopic (exact) mass is 1020 g/mol. The van der Waals surface area contributed by atoms with Crippen LogP contribution in [0.1, 0.15) is 139 Å². The molecule has 15 heteroatoms. The predicted octanol–water partition coefficient (Wildman–Crippen LogP) is 11.0. The molecule has 353 valence electrons. The Labute approximate surface area is 384 Å². The van der Waals surface area contributed by atoms with E-state index >= 15 is 0 Å². The van der Waals surface area contributed by atoms with Crippen molar-refractivity contribution in [1.82, 2.24) is 0 Å². The zero-order chi connectivity index (χ0) is 47.8. The second kappa shape index (κ2) is 62.0. The third-order valence-electron chi connectivity index (χ3n) is 5.31. The fraction of sp³-hybridized carbons (Fsp3) is 0.467. The molecule has 0 aliphatic carbocycles. The van der Waals surface area contributed by atoms with Crippen molar-refractivity contribution in [2.75, 3.05) is 0 Å². The van der Waals surface area contributed by atoms with Gasteiger partial charge in [0.1, 0.15) is 17.2 Å². The van der Waals surface area contributed by atoms with E-state index in [1.807, 2.05) is 159 Å². The molecule has 0 aliphatic heterocycles. The molecule has 0 fully saturated rings. The van der Waals surface area contributed by atoms with Gasteiger partial charge in [0.05, 0.1) is 9.85 Å². The van der Waals surface area contributed by atoms with Crippen LogP contribution in [0, 0.1) is 54.8 Å². The molecule has 8 nitrogen and oxygen atoms in total. The van der Waals surface area contributed by atoms with Crippen LogP contribution in [-0.4, -0.2) is 20.1 Å². The first kappa shape index (κ1) is 80.3. The number of para-hydroxylation sites is 1. The SMILES string of the molecule is CC.CC.CC.CC.CC.CC.CC.CC.Cc1cc([N+](=O)[O-])cc(C)c1O.Cc1cc([N+](=O)[O-])cc(C)c1Oc1ccccc1.Cc1ccccc1.F[I+]B(F)F.[Cu].[F-]. The standard InChI is InChI=1S/C14H13NO3.C8H9NO3.C7H8.8C2H6.BF3I.Cu.FH/c1-10-8-12(15(16)17)9-11(2)14(10)18-13-6-4-3-5-7-13;1-5-3-7(9(11)12)4-6(2)8(5)10;1-7-5-3-2-4-6-7;8*1-2;2-1(3)5-4;;/h3-9H,1-2H3;3-4,10H,1-2H3;2-6H,1H3;8*1-2H3;;;1H/q;;;;;;;;;;;+1;;/p-1. The van der Waals surface area contributed by atoms with Crippen molar-refractivity contribution in [3.05, 3.63) is 133 Å². The van der Waals surface area contributed by atoms with E-state index in [4.69, 9.17) is 4.74 Å². The molecule has 0 aliphatic rings. The summed E-state index contributed by atoms with van der Waals surface area (Å²) >= 11 is -2.29. The van der Waals surface area contributed by atoms with Crippen LogP contribution in [0.3, 0.4) is 0 Å². The van der Waals surface area contributed by atoms with Gasteiger partial charge in [-0.1, -0.05) is 165 Å². The van der Waals surface area contributed by atoms with Crippen molar-refractivity contribution < 1.29 is 74.5 Å². The maximum Gasteiger partial charge on any atom is 0.902 e. The van der Waals surface area contributed by atoms with Gasteiger partial charge in [0, 0.05) is 44.2 Å². The molecular formula is C45H78BCuF4IN2O6. The predicted molar refractivity (Wildman–Crippen MR) is 244 cm³/mol. The summed E-state index contributed by atoms with van der Waals surface area (Å²) in [5, 5.41) is 27.7. The minimum atomic E-state index is -2.67. The van der Waals surface area contributed by atoms with Gasteiger partial charge in [-0.2, -0.15) is 0 Å². The van der Waals surface area contributed by atoms with Crippen molar-refractivity contribution in [1.29, 1.82) is 0 Å². The smallest absolute Gasteiger partial charge is 0.902 e. The molecule has 0 spiro atoms. The van der Waals surface area contributed by atoms with Gasteiger partial charge in [-0.3, -0.25) is 20.2 Å². The second-order valence-electron chi connectivity index (χ2n) is 8.75. The average molecular weight is 1020 g/mol. The number of phenols is 1. The summed E-state index contributed by atoms with van der Waals surface area (Å²) in [6.07, 6.45) is 0. The summed E-state index contributed by atoms with van der Waals surface area (Å²) in [6.45, 7) is 41.0. The van der Waals surface area contributed by atoms with Crippen molar-refractivity contribution in [2.24, 2.45) is 0 Å². The average Bonchev–Trinajstić information content (AvgIpc) is 3.28. The number of aryl methyl sites for hydroxylation is 5. The van der Waals surface area contributed by atoms with Crippen LogP contribution in [0.2, 0.25) is 0 Å². The van der Waals surface area contributed by atoms with E-state index in [1.54, 1.807) is 27.7 Å². The number of nitro groups is 2. The second-order valence-corrected chi connectivity index (χ2v) is 10.2. The van der Waals surface area contributed by atoms with E-state index in [0.29, 0.717) is 16.9 Å². The Morgan fingerprint density at radius 1 is 0.550 bits per heavy atom. The van der Waals surface area contributed by atoms with Gasteiger partial charge in [0.15, 0.2) is 0 Å². The van der Waals surface area contributed by atoms with Crippen LogP contribution in [-0.2, 0) is 17.1 Å². The molecule has 0 amide bonds. The molecule has 1 N–H and O–H groups in total. The topological polar surface area (TPSA) is 116 Å². The summed E-state index contributed by atoms with van der Waals surface area (Å²) < 4.78 is 37.1. The fourth-order valence-electron chi connectivity index (χ4n) is 3.37. The van der Waals surface area contributed by atoms with E-state index < -0.39 is 36.5 Å². The van der Waals surface area contributed by atoms with E-state index in [0.717, 1.165) is 16.9 Å². The minimum Gasteiger partial charge on any atom is -1.00 e. The molecule has 4 aromatic carbocycles. The van der Waals surface area contributed by atoms with Gasteiger partial charge in [-0.15, -0.1) is 0 Å². The molecule has 4 aromatic rings. The van der Waals surface area contributed by atoms with Crippen LogP contribution in [0.15, 0.2) is 84.9 Å². The summed E-state index contributed by atoms with van der Waals surface area (Å²) in [5.41, 5.74) is 4.00. The van der Waals surface area contributed by atoms with Gasteiger partial charge in [-0.25, -0.2) is 8.63 Å². The van der Waals surface area contributed by atoms with Gasteiger partial charge in [0.2, 0.25) is 0 Å².